The first-order chi connectivity index (χ1) is 14.4. The number of carbonyl (C=O) groups excluding carboxylic acids is 1. The molecule has 0 aliphatic heterocycles. The second-order valence-corrected chi connectivity index (χ2v) is 8.61. The zero-order chi connectivity index (χ0) is 23.0. The highest BCUT2D eigenvalue weighted by Gasteiger charge is 2.35. The van der Waals surface area contributed by atoms with Crippen molar-refractivity contribution < 1.29 is 30.9 Å². The maximum Gasteiger partial charge on any atom is 0.418 e. The molecule has 0 radical (unpaired) electrons. The average Bonchev–Trinajstić information content (AvgIpc) is 3.07. The molecule has 3 aromatic rings. The Morgan fingerprint density at radius 3 is 2.42 bits per heavy atom. The Kier molecular flexibility index (Phi) is 6.01. The number of halogens is 4. The molecule has 1 heterocycles. The molecule has 7 nitrogen and oxygen atoms in total. The molecule has 0 fully saturated rings. The van der Waals surface area contributed by atoms with E-state index in [0.717, 1.165) is 18.3 Å². The second-order valence-electron chi connectivity index (χ2n) is 6.55. The lowest BCUT2D eigenvalue weighted by molar-refractivity contribution is -0.136. The molecule has 0 saturated heterocycles. The highest BCUT2D eigenvalue weighted by atomic mass is 35.5. The van der Waals surface area contributed by atoms with E-state index in [9.17, 15) is 26.4 Å². The van der Waals surface area contributed by atoms with E-state index < -0.39 is 33.4 Å². The zero-order valence-electron chi connectivity index (χ0n) is 16.0. The van der Waals surface area contributed by atoms with Gasteiger partial charge < -0.3 is 9.84 Å². The quantitative estimate of drug-likeness (QED) is 0.542. The first-order valence-corrected chi connectivity index (χ1v) is 10.5. The first-order valence-electron chi connectivity index (χ1n) is 8.61. The van der Waals surface area contributed by atoms with Gasteiger partial charge in [0, 0.05) is 5.69 Å². The van der Waals surface area contributed by atoms with E-state index in [2.05, 4.69) is 10.5 Å². The Hall–Kier alpha value is -3.05. The van der Waals surface area contributed by atoms with Crippen LogP contribution < -0.4 is 10.0 Å². The van der Waals surface area contributed by atoms with Crippen molar-refractivity contribution in [2.24, 2.45) is 0 Å². The van der Waals surface area contributed by atoms with Crippen LogP contribution in [0.3, 0.4) is 0 Å². The second kappa shape index (κ2) is 8.23. The standard InChI is InChI=1S/C19H15ClF3N3O4S/c1-10-3-6-17(15(20)7-10)31(28,29)26-16-5-4-12(8-14(16)19(21,22)23)25-18(27)13-9-24-30-11(13)2/h3-9,26H,1-2H3,(H,25,27). The summed E-state index contributed by atoms with van der Waals surface area (Å²) < 4.78 is 72.8. The number of benzene rings is 2. The number of hydrogen-bond donors (Lipinski definition) is 2. The molecule has 0 aliphatic carbocycles. The molecule has 164 valence electrons. The Morgan fingerprint density at radius 2 is 1.84 bits per heavy atom. The lowest BCUT2D eigenvalue weighted by Crippen LogP contribution is -2.18. The minimum Gasteiger partial charge on any atom is -0.361 e. The van der Waals surface area contributed by atoms with Crippen molar-refractivity contribution in [1.29, 1.82) is 0 Å². The number of alkyl halides is 3. The molecule has 0 saturated carbocycles. The van der Waals surface area contributed by atoms with Crippen molar-refractivity contribution in [3.05, 3.63) is 70.1 Å². The van der Waals surface area contributed by atoms with Gasteiger partial charge in [0.25, 0.3) is 15.9 Å². The van der Waals surface area contributed by atoms with Crippen LogP contribution in [0.1, 0.15) is 27.2 Å². The van der Waals surface area contributed by atoms with Crippen molar-refractivity contribution in [1.82, 2.24) is 5.16 Å². The summed E-state index contributed by atoms with van der Waals surface area (Å²) in [5.74, 6) is -0.542. The van der Waals surface area contributed by atoms with Crippen LogP contribution in [0.15, 0.2) is 52.0 Å². The highest BCUT2D eigenvalue weighted by Crippen LogP contribution is 2.38. The molecule has 31 heavy (non-hydrogen) atoms. The predicted octanol–water partition coefficient (Wildman–Crippen LogP) is 5.02. The molecule has 2 N–H and O–H groups in total. The molecular formula is C19H15ClF3N3O4S. The molecule has 0 spiro atoms. The van der Waals surface area contributed by atoms with E-state index in [1.807, 2.05) is 4.72 Å². The van der Waals surface area contributed by atoms with Crippen molar-refractivity contribution in [2.75, 3.05) is 10.0 Å². The molecule has 0 unspecified atom stereocenters. The van der Waals surface area contributed by atoms with Gasteiger partial charge in [0.1, 0.15) is 16.2 Å². The number of hydrogen-bond acceptors (Lipinski definition) is 5. The number of rotatable bonds is 5. The van der Waals surface area contributed by atoms with Crippen molar-refractivity contribution in [3.8, 4) is 0 Å². The number of aromatic nitrogens is 1. The van der Waals surface area contributed by atoms with Gasteiger partial charge in [-0.1, -0.05) is 22.8 Å². The summed E-state index contributed by atoms with van der Waals surface area (Å²) in [6.45, 7) is 3.16. The smallest absolute Gasteiger partial charge is 0.361 e. The van der Waals surface area contributed by atoms with Crippen molar-refractivity contribution in [2.45, 2.75) is 24.9 Å². The van der Waals surface area contributed by atoms with Crippen LogP contribution in [0, 0.1) is 13.8 Å². The molecule has 2 aromatic carbocycles. The van der Waals surface area contributed by atoms with Gasteiger partial charge in [0.05, 0.1) is 22.5 Å². The Morgan fingerprint density at radius 1 is 1.13 bits per heavy atom. The van der Waals surface area contributed by atoms with Gasteiger partial charge in [0.15, 0.2) is 0 Å². The fourth-order valence-corrected chi connectivity index (χ4v) is 4.36. The summed E-state index contributed by atoms with van der Waals surface area (Å²) in [5.41, 5.74) is -1.48. The predicted molar refractivity (Wildman–Crippen MR) is 108 cm³/mol. The van der Waals surface area contributed by atoms with Crippen LogP contribution in [0.5, 0.6) is 0 Å². The van der Waals surface area contributed by atoms with Gasteiger partial charge in [-0.3, -0.25) is 9.52 Å². The highest BCUT2D eigenvalue weighted by molar-refractivity contribution is 7.92. The number of aryl methyl sites for hydroxylation is 2. The molecule has 0 atom stereocenters. The Bertz CT molecular complexity index is 1260. The van der Waals surface area contributed by atoms with Crippen molar-refractivity contribution in [3.63, 3.8) is 0 Å². The first kappa shape index (κ1) is 22.6. The lowest BCUT2D eigenvalue weighted by Gasteiger charge is -2.17. The third kappa shape index (κ3) is 5.00. The normalized spacial score (nSPS) is 11.9. The number of carbonyl (C=O) groups is 1. The van der Waals surface area contributed by atoms with Crippen LogP contribution >= 0.6 is 11.6 Å². The maximum absolute atomic E-state index is 13.6. The maximum atomic E-state index is 13.6. The van der Waals surface area contributed by atoms with Gasteiger partial charge in [-0.05, 0) is 49.7 Å². The third-order valence-corrected chi connectivity index (χ3v) is 6.05. The van der Waals surface area contributed by atoms with E-state index in [0.29, 0.717) is 11.6 Å². The number of nitrogens with one attached hydrogen (secondary N) is 2. The summed E-state index contributed by atoms with van der Waals surface area (Å²) in [4.78, 5) is 11.8. The molecule has 1 amide bonds. The van der Waals surface area contributed by atoms with E-state index in [-0.39, 0.29) is 26.9 Å². The Balaban J connectivity index is 1.95. The van der Waals surface area contributed by atoms with E-state index in [4.69, 9.17) is 16.1 Å². The minimum absolute atomic E-state index is 0.0485. The number of sulfonamides is 1. The summed E-state index contributed by atoms with van der Waals surface area (Å²) in [7, 11) is -4.41. The number of nitrogens with zero attached hydrogens (tertiary/aromatic N) is 1. The van der Waals surface area contributed by atoms with Gasteiger partial charge in [-0.2, -0.15) is 13.2 Å². The fourth-order valence-electron chi connectivity index (χ4n) is 2.68. The summed E-state index contributed by atoms with van der Waals surface area (Å²) in [5, 5.41) is 5.60. The topological polar surface area (TPSA) is 101 Å². The van der Waals surface area contributed by atoms with E-state index in [1.54, 1.807) is 6.92 Å². The largest absolute Gasteiger partial charge is 0.418 e. The van der Waals surface area contributed by atoms with E-state index in [1.165, 1.54) is 25.1 Å². The van der Waals surface area contributed by atoms with Gasteiger partial charge in [-0.25, -0.2) is 8.42 Å². The molecule has 0 bridgehead atoms. The van der Waals surface area contributed by atoms with Gasteiger partial charge in [-0.15, -0.1) is 0 Å². The molecule has 0 aliphatic rings. The average molecular weight is 474 g/mol. The van der Waals surface area contributed by atoms with Crippen LogP contribution in [0.4, 0.5) is 24.5 Å². The SMILES string of the molecule is Cc1ccc(S(=O)(=O)Nc2ccc(NC(=O)c3cnoc3C)cc2C(F)(F)F)c(Cl)c1. The number of amides is 1. The monoisotopic (exact) mass is 473 g/mol. The Labute approximate surface area is 180 Å². The lowest BCUT2D eigenvalue weighted by atomic mass is 10.1. The van der Waals surface area contributed by atoms with E-state index >= 15 is 0 Å². The fraction of sp³-hybridized carbons (Fsp3) is 0.158. The van der Waals surface area contributed by atoms with Crippen molar-refractivity contribution >= 4 is 38.9 Å². The zero-order valence-corrected chi connectivity index (χ0v) is 17.6. The summed E-state index contributed by atoms with van der Waals surface area (Å²) in [6.07, 6.45) is -3.79. The summed E-state index contributed by atoms with van der Waals surface area (Å²) >= 11 is 5.95. The van der Waals surface area contributed by atoms with Gasteiger partial charge in [0.2, 0.25) is 0 Å². The van der Waals surface area contributed by atoms with Crippen LogP contribution in [-0.2, 0) is 16.2 Å². The third-order valence-electron chi connectivity index (χ3n) is 4.20. The molecule has 3 rings (SSSR count). The molecule has 12 heteroatoms. The van der Waals surface area contributed by atoms with Gasteiger partial charge >= 0.3 is 6.18 Å². The minimum atomic E-state index is -4.91. The van der Waals surface area contributed by atoms with Crippen LogP contribution in [0.25, 0.3) is 0 Å². The number of anilines is 2. The molecule has 1 aromatic heterocycles. The van der Waals surface area contributed by atoms with Crippen LogP contribution in [0.2, 0.25) is 5.02 Å². The summed E-state index contributed by atoms with van der Waals surface area (Å²) in [6, 6.07) is 6.70. The molecular weight excluding hydrogens is 459 g/mol. The van der Waals surface area contributed by atoms with Crippen LogP contribution in [-0.4, -0.2) is 19.5 Å².